The van der Waals surface area contributed by atoms with E-state index in [-0.39, 0.29) is 0 Å². The average molecular weight is 262 g/mol. The number of allylic oxidation sites excluding steroid dienone is 2. The molecular formula is C14H22N4O. The Morgan fingerprint density at radius 2 is 2.32 bits per heavy atom. The fourth-order valence-electron chi connectivity index (χ4n) is 1.66. The molecule has 0 unspecified atom stereocenters. The van der Waals surface area contributed by atoms with Crippen molar-refractivity contribution in [3.8, 4) is 0 Å². The summed E-state index contributed by atoms with van der Waals surface area (Å²) in [5.74, 6) is 0. The number of nitrogens with zero attached hydrogens (tertiary/aromatic N) is 2. The van der Waals surface area contributed by atoms with E-state index in [0.29, 0.717) is 12.1 Å². The molecule has 1 rings (SSSR count). The summed E-state index contributed by atoms with van der Waals surface area (Å²) < 4.78 is 1.89. The Labute approximate surface area is 114 Å². The topological polar surface area (TPSA) is 72.9 Å². The van der Waals surface area contributed by atoms with Gasteiger partial charge < -0.3 is 15.8 Å². The molecule has 104 valence electrons. The Balaban J connectivity index is 2.41. The largest absolute Gasteiger partial charge is 0.398 e. The van der Waals surface area contributed by atoms with Gasteiger partial charge in [0, 0.05) is 37.5 Å². The first-order chi connectivity index (χ1) is 9.27. The van der Waals surface area contributed by atoms with E-state index in [1.165, 1.54) is 0 Å². The Morgan fingerprint density at radius 3 is 3.05 bits per heavy atom. The van der Waals surface area contributed by atoms with Gasteiger partial charge in [0.15, 0.2) is 0 Å². The molecule has 1 aromatic rings. The number of hydrogen-bond acceptors (Lipinski definition) is 4. The summed E-state index contributed by atoms with van der Waals surface area (Å²) in [5.41, 5.74) is 7.55. The number of aryl methyl sites for hydroxylation is 1. The Kier molecular flexibility index (Phi) is 7.09. The minimum absolute atomic E-state index is 0.651. The van der Waals surface area contributed by atoms with Crippen molar-refractivity contribution in [2.75, 3.05) is 7.05 Å². The highest BCUT2D eigenvalue weighted by molar-refractivity contribution is 5.62. The third-order valence-corrected chi connectivity index (χ3v) is 2.71. The molecule has 1 aromatic heterocycles. The lowest BCUT2D eigenvalue weighted by Gasteiger charge is -2.00. The number of aromatic nitrogens is 2. The van der Waals surface area contributed by atoms with Crippen molar-refractivity contribution in [3.63, 3.8) is 0 Å². The predicted molar refractivity (Wildman–Crippen MR) is 77.1 cm³/mol. The fraction of sp³-hybridized carbons (Fsp3) is 0.429. The number of carbonyl (C=O) groups is 1. The predicted octanol–water partition coefficient (Wildman–Crippen LogP) is 1.68. The van der Waals surface area contributed by atoms with Crippen molar-refractivity contribution in [2.45, 2.75) is 32.2 Å². The molecule has 3 N–H and O–H groups in total. The van der Waals surface area contributed by atoms with E-state index in [0.717, 1.165) is 37.7 Å². The van der Waals surface area contributed by atoms with Gasteiger partial charge in [-0.3, -0.25) is 4.68 Å². The third-order valence-electron chi connectivity index (χ3n) is 2.71. The standard InChI is InChI=1S/C14H22N4O/c1-16-8-6-7-14(15)13-11-17-18(12-13)9-4-2-3-5-10-19/h6-8,10-12,16H,2-5,9,15H2,1H3/b8-6-,14-7-. The van der Waals surface area contributed by atoms with Crippen molar-refractivity contribution in [2.24, 2.45) is 5.73 Å². The van der Waals surface area contributed by atoms with Crippen molar-refractivity contribution in [3.05, 3.63) is 36.3 Å². The molecule has 0 aliphatic heterocycles. The van der Waals surface area contributed by atoms with Crippen LogP contribution in [0.15, 0.2) is 30.7 Å². The monoisotopic (exact) mass is 262 g/mol. The molecule has 5 nitrogen and oxygen atoms in total. The number of carbonyl (C=O) groups excluding carboxylic acids is 1. The molecule has 0 amide bonds. The van der Waals surface area contributed by atoms with E-state index in [9.17, 15) is 4.79 Å². The lowest BCUT2D eigenvalue weighted by molar-refractivity contribution is -0.107. The first-order valence-corrected chi connectivity index (χ1v) is 6.54. The van der Waals surface area contributed by atoms with Crippen LogP contribution in [0.4, 0.5) is 0 Å². The quantitative estimate of drug-likeness (QED) is 0.403. The second-order valence-corrected chi connectivity index (χ2v) is 4.28. The van der Waals surface area contributed by atoms with Crippen LogP contribution in [0.25, 0.3) is 5.70 Å². The van der Waals surface area contributed by atoms with E-state index in [1.807, 2.05) is 36.3 Å². The highest BCUT2D eigenvalue weighted by Crippen LogP contribution is 2.08. The highest BCUT2D eigenvalue weighted by Gasteiger charge is 2.00. The first-order valence-electron chi connectivity index (χ1n) is 6.54. The van der Waals surface area contributed by atoms with Crippen LogP contribution in [0.2, 0.25) is 0 Å². The zero-order valence-corrected chi connectivity index (χ0v) is 11.4. The van der Waals surface area contributed by atoms with Gasteiger partial charge in [-0.2, -0.15) is 5.10 Å². The van der Waals surface area contributed by atoms with Gasteiger partial charge in [0.25, 0.3) is 0 Å². The number of unbranched alkanes of at least 4 members (excludes halogenated alkanes) is 3. The Bertz CT molecular complexity index is 434. The number of nitrogens with two attached hydrogens (primary N) is 1. The van der Waals surface area contributed by atoms with Gasteiger partial charge in [-0.1, -0.05) is 6.42 Å². The molecule has 0 spiro atoms. The SMILES string of the molecule is CN/C=C\C=C(/N)c1cnn(CCCCCC=O)c1. The van der Waals surface area contributed by atoms with Crippen molar-refractivity contribution < 1.29 is 4.79 Å². The lowest BCUT2D eigenvalue weighted by atomic mass is 10.2. The minimum atomic E-state index is 0.651. The zero-order chi connectivity index (χ0) is 13.9. The maximum absolute atomic E-state index is 10.2. The average Bonchev–Trinajstić information content (AvgIpc) is 2.87. The maximum atomic E-state index is 10.2. The molecule has 0 aromatic carbocycles. The van der Waals surface area contributed by atoms with Crippen LogP contribution in [-0.2, 0) is 11.3 Å². The van der Waals surface area contributed by atoms with Gasteiger partial charge in [-0.05, 0) is 31.2 Å². The van der Waals surface area contributed by atoms with Gasteiger partial charge in [0.1, 0.15) is 6.29 Å². The van der Waals surface area contributed by atoms with E-state index < -0.39 is 0 Å². The number of aldehydes is 1. The summed E-state index contributed by atoms with van der Waals surface area (Å²) in [4.78, 5) is 10.2. The molecule has 0 saturated carbocycles. The van der Waals surface area contributed by atoms with E-state index in [2.05, 4.69) is 10.4 Å². The second-order valence-electron chi connectivity index (χ2n) is 4.28. The van der Waals surface area contributed by atoms with Crippen molar-refractivity contribution in [1.82, 2.24) is 15.1 Å². The zero-order valence-electron chi connectivity index (χ0n) is 11.4. The summed E-state index contributed by atoms with van der Waals surface area (Å²) in [6, 6.07) is 0. The van der Waals surface area contributed by atoms with E-state index >= 15 is 0 Å². The maximum Gasteiger partial charge on any atom is 0.119 e. The van der Waals surface area contributed by atoms with Gasteiger partial charge in [0.2, 0.25) is 0 Å². The summed E-state index contributed by atoms with van der Waals surface area (Å²) in [7, 11) is 1.84. The summed E-state index contributed by atoms with van der Waals surface area (Å²) in [6.07, 6.45) is 13.9. The number of hydrogen-bond donors (Lipinski definition) is 2. The van der Waals surface area contributed by atoms with Crippen LogP contribution in [0.3, 0.4) is 0 Å². The third kappa shape index (κ3) is 5.90. The van der Waals surface area contributed by atoms with Crippen LogP contribution in [0.1, 0.15) is 31.2 Å². The molecule has 1 heterocycles. The van der Waals surface area contributed by atoms with E-state index in [1.54, 1.807) is 6.20 Å². The molecule has 19 heavy (non-hydrogen) atoms. The van der Waals surface area contributed by atoms with Crippen LogP contribution in [0.5, 0.6) is 0 Å². The summed E-state index contributed by atoms with van der Waals surface area (Å²) >= 11 is 0. The van der Waals surface area contributed by atoms with Gasteiger partial charge in [-0.15, -0.1) is 0 Å². The Morgan fingerprint density at radius 1 is 1.47 bits per heavy atom. The summed E-state index contributed by atoms with van der Waals surface area (Å²) in [5, 5.41) is 7.17. The fourth-order valence-corrected chi connectivity index (χ4v) is 1.66. The molecular weight excluding hydrogens is 240 g/mol. The first kappa shape index (κ1) is 15.0. The molecule has 5 heteroatoms. The molecule has 0 aliphatic carbocycles. The normalized spacial score (nSPS) is 11.9. The van der Waals surface area contributed by atoms with Gasteiger partial charge >= 0.3 is 0 Å². The molecule has 0 bridgehead atoms. The molecule has 0 aliphatic rings. The minimum Gasteiger partial charge on any atom is -0.398 e. The van der Waals surface area contributed by atoms with Crippen LogP contribution < -0.4 is 11.1 Å². The smallest absolute Gasteiger partial charge is 0.119 e. The summed E-state index contributed by atoms with van der Waals surface area (Å²) in [6.45, 7) is 0.860. The van der Waals surface area contributed by atoms with Crippen LogP contribution >= 0.6 is 0 Å². The van der Waals surface area contributed by atoms with Gasteiger partial charge in [-0.25, -0.2) is 0 Å². The molecule has 0 radical (unpaired) electrons. The number of rotatable bonds is 9. The second kappa shape index (κ2) is 8.97. The van der Waals surface area contributed by atoms with Gasteiger partial charge in [0.05, 0.1) is 6.20 Å². The van der Waals surface area contributed by atoms with Crippen molar-refractivity contribution in [1.29, 1.82) is 0 Å². The molecule has 0 atom stereocenters. The number of nitrogens with one attached hydrogen (secondary N) is 1. The highest BCUT2D eigenvalue weighted by atomic mass is 16.1. The molecule has 0 saturated heterocycles. The Hall–Kier alpha value is -2.04. The van der Waals surface area contributed by atoms with Crippen LogP contribution in [-0.4, -0.2) is 23.1 Å². The van der Waals surface area contributed by atoms with E-state index in [4.69, 9.17) is 5.73 Å². The molecule has 0 fully saturated rings. The van der Waals surface area contributed by atoms with Crippen molar-refractivity contribution >= 4 is 12.0 Å². The van der Waals surface area contributed by atoms with Crippen LogP contribution in [0, 0.1) is 0 Å². The lowest BCUT2D eigenvalue weighted by Crippen LogP contribution is -1.99.